The molecule has 18 heavy (non-hydrogen) atoms. The van der Waals surface area contributed by atoms with Gasteiger partial charge in [0.25, 0.3) is 0 Å². The number of hydrogen-bond donors (Lipinski definition) is 1. The number of nitrogens with zero attached hydrogens (tertiary/aromatic N) is 2. The Morgan fingerprint density at radius 1 is 1.28 bits per heavy atom. The van der Waals surface area contributed by atoms with Gasteiger partial charge in [-0.1, -0.05) is 20.8 Å². The maximum Gasteiger partial charge on any atom is 0.244 e. The molecule has 5 nitrogen and oxygen atoms in total. The molecule has 0 radical (unpaired) electrons. The van der Waals surface area contributed by atoms with Crippen molar-refractivity contribution in [2.24, 2.45) is 12.5 Å². The van der Waals surface area contributed by atoms with Crippen molar-refractivity contribution < 1.29 is 8.42 Å². The van der Waals surface area contributed by atoms with Crippen LogP contribution in [0.3, 0.4) is 0 Å². The topological polar surface area (TPSA) is 64.0 Å². The second-order valence-corrected chi connectivity index (χ2v) is 7.48. The summed E-state index contributed by atoms with van der Waals surface area (Å²) in [6.45, 7) is 11.4. The quantitative estimate of drug-likeness (QED) is 0.912. The van der Waals surface area contributed by atoms with E-state index in [4.69, 9.17) is 0 Å². The first-order valence-corrected chi connectivity index (χ1v) is 7.47. The third kappa shape index (κ3) is 2.92. The standard InChI is InChI=1S/C12H23N3O2S/c1-8-11(9(2)15(7)13-8)18(16,17)14-10(3)12(4,5)6/h10,14H,1-7H3/t10-/m1/s1. The molecule has 0 aliphatic heterocycles. The lowest BCUT2D eigenvalue weighted by Crippen LogP contribution is -2.41. The fraction of sp³-hybridized carbons (Fsp3) is 0.750. The fourth-order valence-corrected chi connectivity index (χ4v) is 3.50. The van der Waals surface area contributed by atoms with Crippen molar-refractivity contribution in [1.29, 1.82) is 0 Å². The van der Waals surface area contributed by atoms with Crippen molar-refractivity contribution in [3.63, 3.8) is 0 Å². The zero-order valence-corrected chi connectivity index (χ0v) is 13.0. The van der Waals surface area contributed by atoms with Crippen LogP contribution in [0.4, 0.5) is 0 Å². The van der Waals surface area contributed by atoms with Crippen LogP contribution in [0.2, 0.25) is 0 Å². The molecule has 0 fully saturated rings. The Bertz CT molecular complexity index is 538. The predicted octanol–water partition coefficient (Wildman–Crippen LogP) is 1.75. The summed E-state index contributed by atoms with van der Waals surface area (Å²) in [5, 5.41) is 4.14. The van der Waals surface area contributed by atoms with Gasteiger partial charge in [-0.3, -0.25) is 4.68 Å². The van der Waals surface area contributed by atoms with E-state index >= 15 is 0 Å². The van der Waals surface area contributed by atoms with E-state index in [-0.39, 0.29) is 11.5 Å². The number of aromatic nitrogens is 2. The van der Waals surface area contributed by atoms with E-state index in [9.17, 15) is 8.42 Å². The highest BCUT2D eigenvalue weighted by molar-refractivity contribution is 7.89. The summed E-state index contributed by atoms with van der Waals surface area (Å²) in [6, 6.07) is -0.151. The van der Waals surface area contributed by atoms with Crippen LogP contribution in [0.5, 0.6) is 0 Å². The van der Waals surface area contributed by atoms with Gasteiger partial charge in [-0.15, -0.1) is 0 Å². The molecule has 1 aromatic heterocycles. The maximum atomic E-state index is 12.4. The molecule has 1 atom stereocenters. The van der Waals surface area contributed by atoms with Crippen LogP contribution < -0.4 is 4.72 Å². The van der Waals surface area contributed by atoms with Crippen LogP contribution in [0.25, 0.3) is 0 Å². The van der Waals surface area contributed by atoms with Crippen LogP contribution in [0, 0.1) is 19.3 Å². The van der Waals surface area contributed by atoms with E-state index in [1.54, 1.807) is 25.6 Å². The van der Waals surface area contributed by atoms with Gasteiger partial charge in [-0.05, 0) is 26.2 Å². The molecule has 0 amide bonds. The number of sulfonamides is 1. The van der Waals surface area contributed by atoms with Gasteiger partial charge in [0.15, 0.2) is 0 Å². The lowest BCUT2D eigenvalue weighted by Gasteiger charge is -2.27. The largest absolute Gasteiger partial charge is 0.271 e. The Morgan fingerprint density at radius 3 is 2.11 bits per heavy atom. The van der Waals surface area contributed by atoms with Gasteiger partial charge in [0, 0.05) is 13.1 Å². The van der Waals surface area contributed by atoms with Crippen molar-refractivity contribution in [3.05, 3.63) is 11.4 Å². The first-order valence-electron chi connectivity index (χ1n) is 5.99. The highest BCUT2D eigenvalue weighted by atomic mass is 32.2. The summed E-state index contributed by atoms with van der Waals surface area (Å²) < 4.78 is 29.1. The van der Waals surface area contributed by atoms with E-state index in [0.717, 1.165) is 0 Å². The second-order valence-electron chi connectivity index (χ2n) is 5.83. The molecule has 1 N–H and O–H groups in total. The molecule has 0 spiro atoms. The van der Waals surface area contributed by atoms with Gasteiger partial charge < -0.3 is 0 Å². The summed E-state index contributed by atoms with van der Waals surface area (Å²) in [7, 11) is -1.77. The smallest absolute Gasteiger partial charge is 0.244 e. The van der Waals surface area contributed by atoms with Crippen molar-refractivity contribution in [3.8, 4) is 0 Å². The molecular formula is C12H23N3O2S. The third-order valence-electron chi connectivity index (χ3n) is 3.34. The SMILES string of the molecule is Cc1nn(C)c(C)c1S(=O)(=O)N[C@H](C)C(C)(C)C. The lowest BCUT2D eigenvalue weighted by molar-refractivity contribution is 0.317. The van der Waals surface area contributed by atoms with Gasteiger partial charge in [0.1, 0.15) is 4.90 Å². The zero-order valence-electron chi connectivity index (χ0n) is 12.2. The van der Waals surface area contributed by atoms with E-state index in [1.165, 1.54) is 0 Å². The molecule has 1 aromatic rings. The molecule has 1 heterocycles. The molecule has 1 rings (SSSR count). The molecular weight excluding hydrogens is 250 g/mol. The summed E-state index contributed by atoms with van der Waals surface area (Å²) in [5.74, 6) is 0. The monoisotopic (exact) mass is 273 g/mol. The Labute approximate surface area is 110 Å². The average Bonchev–Trinajstić information content (AvgIpc) is 2.38. The molecule has 6 heteroatoms. The molecule has 0 saturated heterocycles. The Kier molecular flexibility index (Phi) is 3.93. The predicted molar refractivity (Wildman–Crippen MR) is 71.9 cm³/mol. The van der Waals surface area contributed by atoms with Crippen LogP contribution >= 0.6 is 0 Å². The molecule has 0 bridgehead atoms. The second kappa shape index (κ2) is 4.66. The van der Waals surface area contributed by atoms with E-state index in [2.05, 4.69) is 9.82 Å². The number of hydrogen-bond acceptors (Lipinski definition) is 3. The molecule has 104 valence electrons. The Hall–Kier alpha value is -0.880. The van der Waals surface area contributed by atoms with E-state index < -0.39 is 10.0 Å². The van der Waals surface area contributed by atoms with Gasteiger partial charge in [0.05, 0.1) is 11.4 Å². The van der Waals surface area contributed by atoms with Crippen molar-refractivity contribution in [1.82, 2.24) is 14.5 Å². The van der Waals surface area contributed by atoms with Crippen molar-refractivity contribution in [2.45, 2.75) is 52.5 Å². The lowest BCUT2D eigenvalue weighted by atomic mass is 9.89. The molecule has 0 aliphatic carbocycles. The van der Waals surface area contributed by atoms with Gasteiger partial charge in [-0.2, -0.15) is 5.10 Å². The minimum atomic E-state index is -3.52. The number of nitrogens with one attached hydrogen (secondary N) is 1. The van der Waals surface area contributed by atoms with Crippen LogP contribution in [-0.4, -0.2) is 24.2 Å². The summed E-state index contributed by atoms with van der Waals surface area (Å²) >= 11 is 0. The normalized spacial score (nSPS) is 14.8. The van der Waals surface area contributed by atoms with Crippen LogP contribution in [0.15, 0.2) is 4.90 Å². The molecule has 0 aromatic carbocycles. The molecule has 0 aliphatic rings. The van der Waals surface area contributed by atoms with Gasteiger partial charge >= 0.3 is 0 Å². The fourth-order valence-electron chi connectivity index (χ4n) is 1.61. The minimum absolute atomic E-state index is 0.128. The third-order valence-corrected chi connectivity index (χ3v) is 5.13. The summed E-state index contributed by atoms with van der Waals surface area (Å²) in [4.78, 5) is 0.293. The zero-order chi connectivity index (χ0) is 14.3. The van der Waals surface area contributed by atoms with E-state index in [1.807, 2.05) is 27.7 Å². The summed E-state index contributed by atoms with van der Waals surface area (Å²) in [6.07, 6.45) is 0. The first-order chi connectivity index (χ1) is 7.97. The Morgan fingerprint density at radius 2 is 1.78 bits per heavy atom. The van der Waals surface area contributed by atoms with Crippen LogP contribution in [0.1, 0.15) is 39.1 Å². The highest BCUT2D eigenvalue weighted by Crippen LogP contribution is 2.23. The summed E-state index contributed by atoms with van der Waals surface area (Å²) in [5.41, 5.74) is 1.06. The van der Waals surface area contributed by atoms with E-state index in [0.29, 0.717) is 16.3 Å². The Balaban J connectivity index is 3.16. The maximum absolute atomic E-state index is 12.4. The number of aryl methyl sites for hydroxylation is 2. The molecule has 0 saturated carbocycles. The van der Waals surface area contributed by atoms with Gasteiger partial charge in [-0.25, -0.2) is 13.1 Å². The van der Waals surface area contributed by atoms with Gasteiger partial charge in [0.2, 0.25) is 10.0 Å². The first kappa shape index (κ1) is 15.2. The minimum Gasteiger partial charge on any atom is -0.271 e. The number of rotatable bonds is 3. The average molecular weight is 273 g/mol. The highest BCUT2D eigenvalue weighted by Gasteiger charge is 2.29. The van der Waals surface area contributed by atoms with Crippen molar-refractivity contribution >= 4 is 10.0 Å². The van der Waals surface area contributed by atoms with Crippen LogP contribution in [-0.2, 0) is 17.1 Å². The molecule has 0 unspecified atom stereocenters. The van der Waals surface area contributed by atoms with Crippen molar-refractivity contribution in [2.75, 3.05) is 0 Å².